The van der Waals surface area contributed by atoms with Crippen molar-refractivity contribution in [2.45, 2.75) is 19.9 Å². The summed E-state index contributed by atoms with van der Waals surface area (Å²) < 4.78 is 2.15. The number of rotatable bonds is 6. The Hall–Kier alpha value is -1.85. The molecule has 2 N–H and O–H groups in total. The summed E-state index contributed by atoms with van der Waals surface area (Å²) in [7, 11) is 0. The fourth-order valence-electron chi connectivity index (χ4n) is 2.58. The average Bonchev–Trinajstić information content (AvgIpc) is 3.13. The highest BCUT2D eigenvalue weighted by molar-refractivity contribution is 7.09. The fourth-order valence-corrected chi connectivity index (χ4v) is 3.30. The van der Waals surface area contributed by atoms with Crippen molar-refractivity contribution < 1.29 is 0 Å². The lowest BCUT2D eigenvalue weighted by Gasteiger charge is -2.21. The van der Waals surface area contributed by atoms with Gasteiger partial charge in [-0.05, 0) is 37.0 Å². The lowest BCUT2D eigenvalue weighted by molar-refractivity contribution is 0.806. The summed E-state index contributed by atoms with van der Waals surface area (Å²) in [6.07, 6.45) is 2.90. The molecular formula is C16H20N4S. The Balaban J connectivity index is 2.02. The molecule has 0 aliphatic carbocycles. The van der Waals surface area contributed by atoms with Gasteiger partial charge in [-0.2, -0.15) is 0 Å². The zero-order valence-electron chi connectivity index (χ0n) is 12.2. The van der Waals surface area contributed by atoms with Crippen LogP contribution in [0.3, 0.4) is 0 Å². The van der Waals surface area contributed by atoms with Crippen LogP contribution >= 0.6 is 11.3 Å². The van der Waals surface area contributed by atoms with Crippen LogP contribution in [0.4, 0.5) is 5.82 Å². The first kappa shape index (κ1) is 14.1. The second-order valence-corrected chi connectivity index (χ2v) is 5.98. The van der Waals surface area contributed by atoms with Gasteiger partial charge in [-0.1, -0.05) is 12.1 Å². The smallest absolute Gasteiger partial charge is 0.151 e. The third-order valence-corrected chi connectivity index (χ3v) is 4.46. The van der Waals surface area contributed by atoms with Gasteiger partial charge in [0, 0.05) is 24.0 Å². The van der Waals surface area contributed by atoms with Crippen LogP contribution in [-0.4, -0.2) is 22.5 Å². The largest absolute Gasteiger partial charge is 0.350 e. The summed E-state index contributed by atoms with van der Waals surface area (Å²) >= 11 is 1.79. The normalized spacial score (nSPS) is 11.1. The van der Waals surface area contributed by atoms with E-state index >= 15 is 0 Å². The number of imidazole rings is 1. The molecule has 3 heterocycles. The highest BCUT2D eigenvalue weighted by Gasteiger charge is 2.17. The molecule has 21 heavy (non-hydrogen) atoms. The van der Waals surface area contributed by atoms with Crippen LogP contribution in [0.2, 0.25) is 0 Å². The molecule has 0 amide bonds. The van der Waals surface area contributed by atoms with E-state index in [0.29, 0.717) is 6.54 Å². The monoisotopic (exact) mass is 300 g/mol. The van der Waals surface area contributed by atoms with Gasteiger partial charge in [-0.15, -0.1) is 11.3 Å². The molecule has 0 aliphatic heterocycles. The Morgan fingerprint density at radius 1 is 1.29 bits per heavy atom. The van der Waals surface area contributed by atoms with Crippen molar-refractivity contribution in [2.24, 2.45) is 5.73 Å². The fraction of sp³-hybridized carbons (Fsp3) is 0.312. The molecule has 3 rings (SSSR count). The molecule has 3 aromatic rings. The minimum absolute atomic E-state index is 0.631. The summed E-state index contributed by atoms with van der Waals surface area (Å²) in [6, 6.07) is 10.4. The quantitative estimate of drug-likeness (QED) is 0.761. The molecule has 4 nitrogen and oxygen atoms in total. The lowest BCUT2D eigenvalue weighted by Crippen LogP contribution is -2.23. The first-order chi connectivity index (χ1) is 10.3. The van der Waals surface area contributed by atoms with Gasteiger partial charge in [0.15, 0.2) is 5.82 Å². The molecule has 0 spiro atoms. The van der Waals surface area contributed by atoms with Crippen LogP contribution in [-0.2, 0) is 13.0 Å². The van der Waals surface area contributed by atoms with Crippen LogP contribution < -0.4 is 10.6 Å². The molecule has 110 valence electrons. The zero-order valence-corrected chi connectivity index (χ0v) is 13.0. The van der Waals surface area contributed by atoms with Gasteiger partial charge in [0.1, 0.15) is 5.65 Å². The van der Waals surface area contributed by atoms with Crippen molar-refractivity contribution in [3.63, 3.8) is 0 Å². The number of nitrogens with two attached hydrogens (primary N) is 1. The van der Waals surface area contributed by atoms with E-state index in [1.165, 1.54) is 10.6 Å². The molecule has 0 fully saturated rings. The maximum absolute atomic E-state index is 5.80. The Labute approximate surface area is 128 Å². The van der Waals surface area contributed by atoms with E-state index in [4.69, 9.17) is 10.7 Å². The standard InChI is InChI=1S/C16H20N4S/c1-2-19(12-13-6-5-11-21-13)16-14(8-9-17)20-10-4-3-7-15(20)18-16/h3-7,10-11H,2,8-9,12,17H2,1H3. The minimum Gasteiger partial charge on any atom is -0.350 e. The number of hydrogen-bond donors (Lipinski definition) is 1. The van der Waals surface area contributed by atoms with Crippen molar-refractivity contribution in [1.82, 2.24) is 9.38 Å². The van der Waals surface area contributed by atoms with Crippen molar-refractivity contribution >= 4 is 22.8 Å². The highest BCUT2D eigenvalue weighted by atomic mass is 32.1. The van der Waals surface area contributed by atoms with Crippen molar-refractivity contribution in [2.75, 3.05) is 18.0 Å². The predicted molar refractivity (Wildman–Crippen MR) is 89.0 cm³/mol. The molecule has 0 bridgehead atoms. The van der Waals surface area contributed by atoms with E-state index in [1.54, 1.807) is 11.3 Å². The van der Waals surface area contributed by atoms with Crippen LogP contribution in [0.5, 0.6) is 0 Å². The molecule has 0 saturated heterocycles. The molecule has 0 unspecified atom stereocenters. The lowest BCUT2D eigenvalue weighted by atomic mass is 10.2. The molecule has 5 heteroatoms. The van der Waals surface area contributed by atoms with Gasteiger partial charge in [0.25, 0.3) is 0 Å². The van der Waals surface area contributed by atoms with E-state index in [-0.39, 0.29) is 0 Å². The second kappa shape index (κ2) is 6.28. The molecule has 0 saturated carbocycles. The van der Waals surface area contributed by atoms with Crippen LogP contribution in [0.25, 0.3) is 5.65 Å². The van der Waals surface area contributed by atoms with Gasteiger partial charge in [0.2, 0.25) is 0 Å². The third-order valence-electron chi connectivity index (χ3n) is 3.60. The van der Waals surface area contributed by atoms with Gasteiger partial charge >= 0.3 is 0 Å². The topological polar surface area (TPSA) is 46.6 Å². The second-order valence-electron chi connectivity index (χ2n) is 4.94. The minimum atomic E-state index is 0.631. The van der Waals surface area contributed by atoms with Crippen LogP contribution in [0, 0.1) is 0 Å². The number of nitrogens with zero attached hydrogens (tertiary/aromatic N) is 3. The number of pyridine rings is 1. The molecule has 0 aliphatic rings. The summed E-state index contributed by atoms with van der Waals surface area (Å²) in [5, 5.41) is 2.12. The highest BCUT2D eigenvalue weighted by Crippen LogP contribution is 2.24. The van der Waals surface area contributed by atoms with Crippen molar-refractivity contribution in [1.29, 1.82) is 0 Å². The zero-order chi connectivity index (χ0) is 14.7. The van der Waals surface area contributed by atoms with Crippen molar-refractivity contribution in [3.05, 3.63) is 52.5 Å². The summed E-state index contributed by atoms with van der Waals surface area (Å²) in [4.78, 5) is 8.50. The maximum Gasteiger partial charge on any atom is 0.151 e. The number of thiophene rings is 1. The summed E-state index contributed by atoms with van der Waals surface area (Å²) in [5.74, 6) is 1.06. The Morgan fingerprint density at radius 3 is 2.90 bits per heavy atom. The van der Waals surface area contributed by atoms with Crippen molar-refractivity contribution in [3.8, 4) is 0 Å². The Morgan fingerprint density at radius 2 is 2.19 bits per heavy atom. The van der Waals surface area contributed by atoms with Crippen LogP contribution in [0.1, 0.15) is 17.5 Å². The van der Waals surface area contributed by atoms with E-state index in [2.05, 4.69) is 39.9 Å². The van der Waals surface area contributed by atoms with E-state index < -0.39 is 0 Å². The Kier molecular flexibility index (Phi) is 4.22. The summed E-state index contributed by atoms with van der Waals surface area (Å²) in [6.45, 7) is 4.63. The number of anilines is 1. The van der Waals surface area contributed by atoms with E-state index in [1.807, 2.05) is 18.2 Å². The van der Waals surface area contributed by atoms with E-state index in [0.717, 1.165) is 31.0 Å². The number of aromatic nitrogens is 2. The van der Waals surface area contributed by atoms with Gasteiger partial charge in [0.05, 0.1) is 12.2 Å². The van der Waals surface area contributed by atoms with Gasteiger partial charge in [-0.3, -0.25) is 0 Å². The molecular weight excluding hydrogens is 280 g/mol. The Bertz CT molecular complexity index is 702. The molecule has 0 radical (unpaired) electrons. The third kappa shape index (κ3) is 2.80. The SMILES string of the molecule is CCN(Cc1cccs1)c1nc2ccccn2c1CCN. The first-order valence-corrected chi connectivity index (χ1v) is 8.14. The molecule has 0 aromatic carbocycles. The first-order valence-electron chi connectivity index (χ1n) is 7.26. The predicted octanol–water partition coefficient (Wildman–Crippen LogP) is 2.92. The van der Waals surface area contributed by atoms with Gasteiger partial charge in [-0.25, -0.2) is 4.98 Å². The van der Waals surface area contributed by atoms with Gasteiger partial charge < -0.3 is 15.0 Å². The number of hydrogen-bond acceptors (Lipinski definition) is 4. The number of fused-ring (bicyclic) bond motifs is 1. The summed E-state index contributed by atoms with van der Waals surface area (Å²) in [5.41, 5.74) is 7.99. The van der Waals surface area contributed by atoms with E-state index in [9.17, 15) is 0 Å². The molecule has 3 aromatic heterocycles. The maximum atomic E-state index is 5.80. The van der Waals surface area contributed by atoms with Crippen LogP contribution in [0.15, 0.2) is 41.9 Å². The molecule has 0 atom stereocenters. The average molecular weight is 300 g/mol.